The summed E-state index contributed by atoms with van der Waals surface area (Å²) in [6, 6.07) is 7.72. The first kappa shape index (κ1) is 121. The first-order chi connectivity index (χ1) is 65.2. The smallest absolute Gasteiger partial charge is 0.413 e. The predicted molar refractivity (Wildman–Crippen MR) is 528 cm³/mol. The van der Waals surface area contributed by atoms with Gasteiger partial charge < -0.3 is 85.2 Å². The number of ether oxygens (including phenoxy) is 10. The molecule has 9 amide bonds. The summed E-state index contributed by atoms with van der Waals surface area (Å²) in [6.45, 7) is 55.6. The number of nitrogens with two attached hydrogens (primary N) is 2. The Morgan fingerprint density at radius 3 is 1.10 bits per heavy atom. The lowest BCUT2D eigenvalue weighted by Crippen LogP contribution is -2.59. The fourth-order valence-electron chi connectivity index (χ4n) is 15.8. The Bertz CT molecular complexity index is 4710. The Morgan fingerprint density at radius 2 is 0.786 bits per heavy atom. The van der Waals surface area contributed by atoms with Crippen LogP contribution in [0.2, 0.25) is 0 Å². The third-order valence-corrected chi connectivity index (χ3v) is 24.3. The molecule has 2 aromatic rings. The van der Waals surface area contributed by atoms with Gasteiger partial charge in [0, 0.05) is 73.8 Å². The van der Waals surface area contributed by atoms with E-state index in [-0.39, 0.29) is 132 Å². The molecule has 0 aromatic heterocycles. The normalized spacial score (nSPS) is 20.2. The number of amides is 9. The highest BCUT2D eigenvalue weighted by Crippen LogP contribution is 2.38. The van der Waals surface area contributed by atoms with Gasteiger partial charge in [0.05, 0.1) is 88.9 Å². The van der Waals surface area contributed by atoms with E-state index in [0.29, 0.717) is 35.2 Å². The SMILES string of the molecule is C=C(C[C@H]1CC(C(=O)OC(OC(=O)[C@@H](C(C)C)N2C(=O)c3ccccc3C2=O)C(C)C)=C[C@@H](OC(CC)CC)[C@@H]1NC(C)=O)NC(=O)OC(C)(C)C.C=C(NC(=O)OC(C)(C)C)N[C@H]1CC(C(=O)O)=C[C@@H](OC(CC)CC)[C@@H]1NC(C)=O.CC(C)C(Br)OC(=O)[C@@H](C(C)C)N1C(=O)c2ccccc2C1=O.CCC(CC)O[C@@H]1C=C(C(=O)OC(OC(=O)[C@H](N)C(C)C)C(C)C)C[C@H](CC(=N)N)[C@H]1NC(C)=O. The van der Waals surface area contributed by atoms with Gasteiger partial charge in [-0.2, -0.15) is 0 Å². The number of amidine groups is 1. The van der Waals surface area contributed by atoms with Crippen LogP contribution in [0.3, 0.4) is 0 Å². The van der Waals surface area contributed by atoms with Crippen molar-refractivity contribution in [2.75, 3.05) is 0 Å². The number of nitrogens with zero attached hydrogens (tertiary/aromatic N) is 2. The van der Waals surface area contributed by atoms with Gasteiger partial charge in [-0.15, -0.1) is 0 Å². The van der Waals surface area contributed by atoms with Crippen LogP contribution in [-0.2, 0) is 90.5 Å². The van der Waals surface area contributed by atoms with Gasteiger partial charge in [0.15, 0.2) is 5.01 Å². The topological polar surface area (TPSA) is 523 Å². The van der Waals surface area contributed by atoms with Crippen molar-refractivity contribution in [3.63, 3.8) is 0 Å². The summed E-state index contributed by atoms with van der Waals surface area (Å²) < 4.78 is 57.3. The molecule has 7 rings (SSSR count). The van der Waals surface area contributed by atoms with Gasteiger partial charge in [0.2, 0.25) is 30.3 Å². The van der Waals surface area contributed by atoms with Crippen molar-refractivity contribution < 1.29 is 124 Å². The molecule has 0 saturated carbocycles. The number of alkyl carbamates (subject to hydrolysis) is 2. The number of aliphatic carboxylic acids is 1. The molecule has 0 radical (unpaired) electrons. The average molecular weight is 2030 g/mol. The van der Waals surface area contributed by atoms with Crippen LogP contribution >= 0.6 is 15.9 Å². The van der Waals surface area contributed by atoms with Gasteiger partial charge in [0.25, 0.3) is 23.6 Å². The van der Waals surface area contributed by atoms with Crippen LogP contribution in [0.4, 0.5) is 9.59 Å². The quantitative estimate of drug-likeness (QED) is 0.00561. The number of rotatable bonds is 42. The molecule has 12 N–H and O–H groups in total. The highest BCUT2D eigenvalue weighted by Gasteiger charge is 2.50. The Morgan fingerprint density at radius 1 is 0.457 bits per heavy atom. The van der Waals surface area contributed by atoms with Crippen molar-refractivity contribution in [1.29, 1.82) is 5.41 Å². The van der Waals surface area contributed by atoms with E-state index in [9.17, 15) is 77.0 Å². The first-order valence-electron chi connectivity index (χ1n) is 48.1. The molecule has 0 spiro atoms. The molecule has 140 heavy (non-hydrogen) atoms. The minimum Gasteiger partial charge on any atom is -0.478 e. The molecule has 5 aliphatic rings. The number of carbonyl (C=O) groups excluding carboxylic acids is 14. The minimum atomic E-state index is -1.37. The molecule has 0 fully saturated rings. The Kier molecular flexibility index (Phi) is 48.3. The number of imide groups is 2. The number of carboxylic acid groups (broad SMARTS) is 1. The predicted octanol–water partition coefficient (Wildman–Crippen LogP) is 13.9. The number of carboxylic acids is 1. The highest BCUT2D eigenvalue weighted by atomic mass is 79.9. The molecule has 0 bridgehead atoms. The molecule has 38 heteroatoms. The number of allylic oxidation sites excluding steroid dienone is 1. The zero-order chi connectivity index (χ0) is 106. The van der Waals surface area contributed by atoms with Gasteiger partial charge in [-0.25, -0.2) is 33.6 Å². The molecular formula is C102H154BrN11O26. The fourth-order valence-corrected chi connectivity index (χ4v) is 16.0. The number of hydrogen-bond donors (Lipinski definition) is 10. The van der Waals surface area contributed by atoms with Crippen molar-refractivity contribution in [2.24, 2.45) is 58.8 Å². The molecule has 780 valence electrons. The van der Waals surface area contributed by atoms with E-state index >= 15 is 0 Å². The van der Waals surface area contributed by atoms with Crippen LogP contribution in [0.25, 0.3) is 0 Å². The van der Waals surface area contributed by atoms with Gasteiger partial charge in [0.1, 0.15) is 35.1 Å². The van der Waals surface area contributed by atoms with Gasteiger partial charge in [-0.05, 0) is 187 Å². The van der Waals surface area contributed by atoms with E-state index < -0.39 is 179 Å². The molecular weight excluding hydrogens is 1880 g/mol. The molecule has 2 aromatic carbocycles. The number of benzene rings is 2. The van der Waals surface area contributed by atoms with Crippen molar-refractivity contribution in [2.45, 2.75) is 365 Å². The van der Waals surface area contributed by atoms with Gasteiger partial charge in [-0.3, -0.25) is 64.2 Å². The molecule has 0 saturated heterocycles. The average Bonchev–Trinajstić information content (AvgIpc) is 1.61. The maximum absolute atomic E-state index is 13.9. The van der Waals surface area contributed by atoms with E-state index in [4.69, 9.17) is 64.2 Å². The zero-order valence-electron chi connectivity index (χ0n) is 86.5. The van der Waals surface area contributed by atoms with E-state index in [1.807, 2.05) is 55.4 Å². The Balaban J connectivity index is 0.000000407. The summed E-state index contributed by atoms with van der Waals surface area (Å²) in [5.41, 5.74) is 12.2. The maximum atomic E-state index is 13.9. The second kappa shape index (κ2) is 55.8. The van der Waals surface area contributed by atoms with E-state index in [1.54, 1.807) is 165 Å². The fraction of sp³-hybridized carbons (Fsp3) is 0.627. The van der Waals surface area contributed by atoms with Crippen LogP contribution in [-0.4, -0.2) is 218 Å². The van der Waals surface area contributed by atoms with Gasteiger partial charge >= 0.3 is 48.0 Å². The van der Waals surface area contributed by atoms with Crippen molar-refractivity contribution in [3.8, 4) is 0 Å². The lowest BCUT2D eigenvalue weighted by atomic mass is 9.79. The van der Waals surface area contributed by atoms with Crippen molar-refractivity contribution in [1.82, 2.24) is 41.7 Å². The third kappa shape index (κ3) is 37.0. The monoisotopic (exact) mass is 2030 g/mol. The van der Waals surface area contributed by atoms with Crippen LogP contribution in [0.5, 0.6) is 0 Å². The Labute approximate surface area is 832 Å². The van der Waals surface area contributed by atoms with Crippen LogP contribution in [0.1, 0.15) is 299 Å². The van der Waals surface area contributed by atoms with Crippen molar-refractivity contribution >= 4 is 111 Å². The van der Waals surface area contributed by atoms with E-state index in [2.05, 4.69) is 61.0 Å². The lowest BCUT2D eigenvalue weighted by Gasteiger charge is -2.39. The number of hydrogen-bond acceptors (Lipinski definition) is 28. The largest absolute Gasteiger partial charge is 0.478 e. The van der Waals surface area contributed by atoms with Crippen LogP contribution in [0, 0.1) is 52.8 Å². The number of alkyl halides is 1. The molecule has 37 nitrogen and oxygen atoms in total. The highest BCUT2D eigenvalue weighted by molar-refractivity contribution is 9.09. The van der Waals surface area contributed by atoms with E-state index in [0.717, 1.165) is 35.5 Å². The summed E-state index contributed by atoms with van der Waals surface area (Å²) in [4.78, 5) is 192. The summed E-state index contributed by atoms with van der Waals surface area (Å²) in [7, 11) is 0. The summed E-state index contributed by atoms with van der Waals surface area (Å²) in [5.74, 6) is -9.90. The lowest BCUT2D eigenvalue weighted by molar-refractivity contribution is -0.198. The molecule has 2 heterocycles. The van der Waals surface area contributed by atoms with Crippen LogP contribution in [0.15, 0.2) is 108 Å². The van der Waals surface area contributed by atoms with Crippen LogP contribution < -0.4 is 43.4 Å². The molecule has 3 unspecified atom stereocenters. The van der Waals surface area contributed by atoms with Crippen molar-refractivity contribution in [3.05, 3.63) is 130 Å². The second-order valence-electron chi connectivity index (χ2n) is 39.5. The number of halogens is 1. The standard InChI is InChI=1S/C39H55N3O10.C25H44N4O6.C21H35N3O6.C17H20BrNO4/c1-12-27(13-2)49-30-20-26(19-25(31(30)41-24(8)43)18-23(7)40-38(48)52-39(9,10)11)35(46)50-37(22(5)6)51-36(47)32(21(3)4)42-33(44)28-16-14-15-17-29(28)34(42)45;1-8-18(9-2)33-19-11-17(10-16(12-20(26)27)22(19)29-15(7)30)23(31)34-25(14(5)6)35-24(32)21(28)13(3)4;1-8-15(9-2)29-17-11-14(19(26)27)10-16(18(17)24-13(4)25)22-12(3)23-20(28)30-21(5,6)7;1-9(2)13(17(22)23-14(18)10(3)4)19-15(20)11-7-5-6-8-12(11)16(19)21/h14-17,20-22,25,27,30-32,37H,7,12-13,18-19H2,1-6,8-11H3,(H,40,48)(H,41,43);11,13-14,16,18-19,21-22,25H,8-10,12,28H2,1-7H3,(H3,26,27)(H,29,30);11,15-18,22H,3,8-10H2,1-2,4-7H3,(H,23,28)(H,24,25)(H,26,27);5-10,13-14H,1-4H3/t25-,30+,31+,32+,37?;16-,19-,21-,22-,25?;16-,17+,18+;13-,14?/m0101/s1. The summed E-state index contributed by atoms with van der Waals surface area (Å²) >= 11 is 3.30. The third-order valence-electron chi connectivity index (χ3n) is 23.1. The summed E-state index contributed by atoms with van der Waals surface area (Å²) in [6.07, 6.45) is 3.76. The first-order valence-corrected chi connectivity index (χ1v) is 49.1. The number of carbonyl (C=O) groups is 15. The number of fused-ring (bicyclic) bond motifs is 2. The molecule has 3 aliphatic carbocycles. The second-order valence-corrected chi connectivity index (χ2v) is 40.4. The zero-order valence-corrected chi connectivity index (χ0v) is 88.1. The number of esters is 5. The molecule has 2 aliphatic heterocycles. The number of nitrogens with one attached hydrogen (secondary N) is 7. The minimum absolute atomic E-state index is 0.0575. The van der Waals surface area contributed by atoms with E-state index in [1.165, 1.54) is 32.9 Å². The van der Waals surface area contributed by atoms with Gasteiger partial charge in [-0.1, -0.05) is 162 Å². The maximum Gasteiger partial charge on any atom is 0.413 e. The Hall–Kier alpha value is -11.2. The molecule has 15 atom stereocenters. The summed E-state index contributed by atoms with van der Waals surface area (Å²) in [5, 5.41) is 33.7.